The Kier molecular flexibility index (Phi) is 4.47. The first-order chi connectivity index (χ1) is 11.6. The van der Waals surface area contributed by atoms with Gasteiger partial charge in [-0.05, 0) is 37.0 Å². The largest absolute Gasteiger partial charge is 0.350 e. The average molecular weight is 320 g/mol. The fourth-order valence-corrected chi connectivity index (χ4v) is 2.84. The van der Waals surface area contributed by atoms with E-state index in [1.165, 1.54) is 11.0 Å². The van der Waals surface area contributed by atoms with Gasteiger partial charge >= 0.3 is 0 Å². The second-order valence-electron chi connectivity index (χ2n) is 5.98. The minimum absolute atomic E-state index is 0.260. The van der Waals surface area contributed by atoms with Crippen LogP contribution in [0.25, 0.3) is 0 Å². The number of aryl methyl sites for hydroxylation is 2. The second kappa shape index (κ2) is 6.71. The van der Waals surface area contributed by atoms with Gasteiger partial charge in [-0.3, -0.25) is 14.5 Å². The van der Waals surface area contributed by atoms with E-state index in [1.807, 2.05) is 62.4 Å². The lowest BCUT2D eigenvalue weighted by molar-refractivity contribution is -0.137. The molecule has 4 heteroatoms. The highest BCUT2D eigenvalue weighted by molar-refractivity contribution is 6.17. The Labute approximate surface area is 141 Å². The predicted molar refractivity (Wildman–Crippen MR) is 94.5 cm³/mol. The molecule has 0 atom stereocenters. The normalized spacial score (nSPS) is 14.1. The summed E-state index contributed by atoms with van der Waals surface area (Å²) in [5.74, 6) is -0.525. The molecule has 2 aromatic rings. The van der Waals surface area contributed by atoms with Gasteiger partial charge in [0.15, 0.2) is 0 Å². The standard InChI is InChI=1S/C20H20N2O2/c1-14-7-6-8-15(2)19(14)21-17-13-18(23)22(20(17)24)12-11-16-9-4-3-5-10-16/h3-10,13,21H,11-12H2,1-2H3. The molecule has 4 nitrogen and oxygen atoms in total. The van der Waals surface area contributed by atoms with Crippen LogP contribution < -0.4 is 5.32 Å². The Morgan fingerprint density at radius 2 is 1.58 bits per heavy atom. The van der Waals surface area contributed by atoms with Crippen molar-refractivity contribution in [3.05, 3.63) is 77.0 Å². The van der Waals surface area contributed by atoms with Gasteiger partial charge in [0.2, 0.25) is 0 Å². The lowest BCUT2D eigenvalue weighted by atomic mass is 10.1. The first-order valence-electron chi connectivity index (χ1n) is 8.01. The number of hydrogen-bond donors (Lipinski definition) is 1. The Hall–Kier alpha value is -2.88. The van der Waals surface area contributed by atoms with Crippen LogP contribution in [-0.4, -0.2) is 23.3 Å². The Balaban J connectivity index is 1.70. The van der Waals surface area contributed by atoms with Crippen LogP contribution in [-0.2, 0) is 16.0 Å². The Morgan fingerprint density at radius 3 is 2.25 bits per heavy atom. The lowest BCUT2D eigenvalue weighted by Gasteiger charge is -2.16. The van der Waals surface area contributed by atoms with E-state index in [4.69, 9.17) is 0 Å². The molecule has 1 N–H and O–H groups in total. The third kappa shape index (κ3) is 3.23. The number of carbonyl (C=O) groups excluding carboxylic acids is 2. The molecule has 24 heavy (non-hydrogen) atoms. The molecule has 0 saturated heterocycles. The van der Waals surface area contributed by atoms with Crippen LogP contribution in [0.2, 0.25) is 0 Å². The quantitative estimate of drug-likeness (QED) is 0.861. The van der Waals surface area contributed by atoms with Gasteiger partial charge in [0.05, 0.1) is 0 Å². The van der Waals surface area contributed by atoms with Crippen molar-refractivity contribution in [1.29, 1.82) is 0 Å². The maximum absolute atomic E-state index is 12.5. The van der Waals surface area contributed by atoms with E-state index in [1.54, 1.807) is 0 Å². The van der Waals surface area contributed by atoms with Gasteiger partial charge in [-0.2, -0.15) is 0 Å². The minimum atomic E-state index is -0.265. The van der Waals surface area contributed by atoms with Crippen molar-refractivity contribution in [3.8, 4) is 0 Å². The summed E-state index contributed by atoms with van der Waals surface area (Å²) in [7, 11) is 0. The van der Waals surface area contributed by atoms with Gasteiger partial charge in [0.1, 0.15) is 5.70 Å². The number of amides is 2. The van der Waals surface area contributed by atoms with Crippen LogP contribution in [0.4, 0.5) is 5.69 Å². The molecule has 3 rings (SSSR count). The SMILES string of the molecule is Cc1cccc(C)c1NC1=CC(=O)N(CCc2ccccc2)C1=O. The van der Waals surface area contributed by atoms with Crippen LogP contribution in [0.1, 0.15) is 16.7 Å². The first kappa shape index (κ1) is 16.0. The molecule has 0 fully saturated rings. The molecule has 0 aromatic heterocycles. The third-order valence-corrected chi connectivity index (χ3v) is 4.22. The monoisotopic (exact) mass is 320 g/mol. The van der Waals surface area contributed by atoms with Crippen LogP contribution in [0.5, 0.6) is 0 Å². The van der Waals surface area contributed by atoms with Gasteiger partial charge in [0.25, 0.3) is 11.8 Å². The number of carbonyl (C=O) groups is 2. The summed E-state index contributed by atoms with van der Waals surface area (Å²) in [4.78, 5) is 26.0. The number of nitrogens with zero attached hydrogens (tertiary/aromatic N) is 1. The molecule has 2 aromatic carbocycles. The van der Waals surface area contributed by atoms with E-state index in [2.05, 4.69) is 5.32 Å². The van der Waals surface area contributed by atoms with E-state index in [0.717, 1.165) is 22.4 Å². The zero-order valence-corrected chi connectivity index (χ0v) is 13.9. The maximum Gasteiger partial charge on any atom is 0.277 e. The van der Waals surface area contributed by atoms with Gasteiger partial charge in [-0.1, -0.05) is 48.5 Å². The van der Waals surface area contributed by atoms with Crippen LogP contribution in [0.3, 0.4) is 0 Å². The van der Waals surface area contributed by atoms with Gasteiger partial charge in [0, 0.05) is 18.3 Å². The van der Waals surface area contributed by atoms with Crippen molar-refractivity contribution < 1.29 is 9.59 Å². The molecule has 2 amide bonds. The molecule has 0 radical (unpaired) electrons. The summed E-state index contributed by atoms with van der Waals surface area (Å²) in [6.45, 7) is 4.34. The minimum Gasteiger partial charge on any atom is -0.350 e. The number of benzene rings is 2. The van der Waals surface area contributed by atoms with Crippen molar-refractivity contribution in [2.75, 3.05) is 11.9 Å². The summed E-state index contributed by atoms with van der Waals surface area (Å²) in [6.07, 6.45) is 2.04. The summed E-state index contributed by atoms with van der Waals surface area (Å²) < 4.78 is 0. The predicted octanol–water partition coefficient (Wildman–Crippen LogP) is 3.21. The molecule has 0 unspecified atom stereocenters. The molecule has 0 aliphatic carbocycles. The first-order valence-corrected chi connectivity index (χ1v) is 8.01. The summed E-state index contributed by atoms with van der Waals surface area (Å²) >= 11 is 0. The molecular weight excluding hydrogens is 300 g/mol. The van der Waals surface area contributed by atoms with Crippen LogP contribution in [0.15, 0.2) is 60.3 Å². The average Bonchev–Trinajstić information content (AvgIpc) is 2.84. The summed E-state index contributed by atoms with van der Waals surface area (Å²) in [5, 5.41) is 3.13. The zero-order valence-electron chi connectivity index (χ0n) is 13.9. The smallest absolute Gasteiger partial charge is 0.277 e. The zero-order chi connectivity index (χ0) is 17.1. The Morgan fingerprint density at radius 1 is 0.917 bits per heavy atom. The highest BCUT2D eigenvalue weighted by Gasteiger charge is 2.31. The van der Waals surface area contributed by atoms with Crippen molar-refractivity contribution >= 4 is 17.5 Å². The topological polar surface area (TPSA) is 49.4 Å². The fourth-order valence-electron chi connectivity index (χ4n) is 2.84. The highest BCUT2D eigenvalue weighted by Crippen LogP contribution is 2.24. The third-order valence-electron chi connectivity index (χ3n) is 4.22. The number of hydrogen-bond acceptors (Lipinski definition) is 3. The number of para-hydroxylation sites is 1. The molecular formula is C20H20N2O2. The maximum atomic E-state index is 12.5. The van der Waals surface area contributed by atoms with Crippen molar-refractivity contribution in [2.45, 2.75) is 20.3 Å². The van der Waals surface area contributed by atoms with Crippen molar-refractivity contribution in [1.82, 2.24) is 4.90 Å². The second-order valence-corrected chi connectivity index (χ2v) is 5.98. The van der Waals surface area contributed by atoms with Crippen molar-refractivity contribution in [2.24, 2.45) is 0 Å². The van der Waals surface area contributed by atoms with E-state index >= 15 is 0 Å². The van der Waals surface area contributed by atoms with Crippen LogP contribution >= 0.6 is 0 Å². The number of rotatable bonds is 5. The fraction of sp³-hybridized carbons (Fsp3) is 0.200. The van der Waals surface area contributed by atoms with Crippen molar-refractivity contribution in [3.63, 3.8) is 0 Å². The number of imide groups is 1. The van der Waals surface area contributed by atoms with Gasteiger partial charge < -0.3 is 5.32 Å². The van der Waals surface area contributed by atoms with Gasteiger partial charge in [-0.25, -0.2) is 0 Å². The summed E-state index contributed by atoms with van der Waals surface area (Å²) in [6, 6.07) is 15.8. The molecule has 0 spiro atoms. The summed E-state index contributed by atoms with van der Waals surface area (Å²) in [5.41, 5.74) is 4.41. The van der Waals surface area contributed by atoms with Gasteiger partial charge in [-0.15, -0.1) is 0 Å². The molecule has 1 aliphatic rings. The molecule has 1 aliphatic heterocycles. The van der Waals surface area contributed by atoms with E-state index in [-0.39, 0.29) is 11.8 Å². The van der Waals surface area contributed by atoms with E-state index in [0.29, 0.717) is 18.7 Å². The number of nitrogens with one attached hydrogen (secondary N) is 1. The Bertz CT molecular complexity index is 789. The lowest BCUT2D eigenvalue weighted by Crippen LogP contribution is -2.34. The highest BCUT2D eigenvalue weighted by atomic mass is 16.2. The molecule has 0 bridgehead atoms. The molecule has 0 saturated carbocycles. The van der Waals surface area contributed by atoms with E-state index in [9.17, 15) is 9.59 Å². The number of anilines is 1. The van der Waals surface area contributed by atoms with Crippen LogP contribution in [0, 0.1) is 13.8 Å². The molecule has 1 heterocycles. The molecule has 122 valence electrons. The van der Waals surface area contributed by atoms with E-state index < -0.39 is 0 Å².